The van der Waals surface area contributed by atoms with E-state index in [1.807, 2.05) is 45.2 Å². The van der Waals surface area contributed by atoms with Crippen molar-refractivity contribution in [2.45, 2.75) is 27.2 Å². The van der Waals surface area contributed by atoms with Gasteiger partial charge < -0.3 is 14.4 Å². The van der Waals surface area contributed by atoms with E-state index in [4.69, 9.17) is 9.47 Å². The van der Waals surface area contributed by atoms with Crippen LogP contribution in [-0.2, 0) is 22.0 Å². The van der Waals surface area contributed by atoms with Crippen LogP contribution in [0.1, 0.15) is 26.3 Å². The highest BCUT2D eigenvalue weighted by Crippen LogP contribution is 2.27. The van der Waals surface area contributed by atoms with Crippen molar-refractivity contribution in [2.24, 2.45) is 0 Å². The number of amides is 1. The molecule has 5 nitrogen and oxygen atoms in total. The number of hydrogen-bond acceptors (Lipinski definition) is 4. The average Bonchev–Trinajstić information content (AvgIpc) is 2.57. The minimum absolute atomic E-state index is 0.0617. The molecule has 0 aliphatic carbocycles. The summed E-state index contributed by atoms with van der Waals surface area (Å²) >= 11 is 0. The summed E-state index contributed by atoms with van der Waals surface area (Å²) in [6.07, 6.45) is 2.49. The molecule has 0 N–H and O–H groups in total. The van der Waals surface area contributed by atoms with E-state index in [-0.39, 0.29) is 11.7 Å². The zero-order valence-electron chi connectivity index (χ0n) is 15.1. The molecule has 0 spiro atoms. The van der Waals surface area contributed by atoms with Gasteiger partial charge in [-0.2, -0.15) is 0 Å². The molecule has 1 atom stereocenters. The Kier molecular flexibility index (Phi) is 8.54. The first-order valence-electron chi connectivity index (χ1n) is 7.91. The van der Waals surface area contributed by atoms with Gasteiger partial charge in [0.05, 0.1) is 14.2 Å². The molecule has 0 bridgehead atoms. The zero-order chi connectivity index (χ0) is 18.1. The fourth-order valence-electron chi connectivity index (χ4n) is 2.18. The van der Waals surface area contributed by atoms with Crippen molar-refractivity contribution in [3.8, 4) is 11.5 Å². The van der Waals surface area contributed by atoms with Crippen LogP contribution in [0.15, 0.2) is 30.0 Å². The predicted molar refractivity (Wildman–Crippen MR) is 97.9 cm³/mol. The van der Waals surface area contributed by atoms with Gasteiger partial charge in [0.2, 0.25) is 5.91 Å². The number of rotatable bonds is 9. The van der Waals surface area contributed by atoms with Crippen LogP contribution in [0.4, 0.5) is 0 Å². The highest BCUT2D eigenvalue weighted by atomic mass is 32.2. The number of carbonyl (C=O) groups excluding carboxylic acids is 1. The Balaban J connectivity index is 2.83. The van der Waals surface area contributed by atoms with Gasteiger partial charge in [-0.05, 0) is 38.0 Å². The van der Waals surface area contributed by atoms with E-state index in [1.54, 1.807) is 19.1 Å². The topological polar surface area (TPSA) is 55.8 Å². The van der Waals surface area contributed by atoms with Gasteiger partial charge in [0.25, 0.3) is 0 Å². The minimum atomic E-state index is -1.11. The molecule has 6 heteroatoms. The molecule has 0 saturated heterocycles. The average molecular weight is 353 g/mol. The molecule has 1 aromatic carbocycles. The van der Waals surface area contributed by atoms with E-state index < -0.39 is 10.8 Å². The summed E-state index contributed by atoms with van der Waals surface area (Å²) in [6.45, 7) is 6.22. The fraction of sp³-hybridized carbons (Fsp3) is 0.500. The molecule has 1 amide bonds. The van der Waals surface area contributed by atoms with Crippen LogP contribution in [0.25, 0.3) is 0 Å². The van der Waals surface area contributed by atoms with Gasteiger partial charge in [-0.1, -0.05) is 18.6 Å². The lowest BCUT2D eigenvalue weighted by Gasteiger charge is -2.19. The van der Waals surface area contributed by atoms with E-state index in [0.717, 1.165) is 11.1 Å². The van der Waals surface area contributed by atoms with Crippen molar-refractivity contribution in [1.29, 1.82) is 0 Å². The molecule has 24 heavy (non-hydrogen) atoms. The van der Waals surface area contributed by atoms with Gasteiger partial charge >= 0.3 is 0 Å². The van der Waals surface area contributed by atoms with E-state index in [0.29, 0.717) is 30.2 Å². The van der Waals surface area contributed by atoms with Crippen LogP contribution in [0.2, 0.25) is 0 Å². The Morgan fingerprint density at radius 2 is 1.88 bits per heavy atom. The third-order valence-corrected chi connectivity index (χ3v) is 4.64. The molecule has 0 aliphatic rings. The quantitative estimate of drug-likeness (QED) is 0.685. The Labute approximate surface area is 147 Å². The van der Waals surface area contributed by atoms with Gasteiger partial charge in [0.15, 0.2) is 11.5 Å². The normalized spacial score (nSPS) is 11.5. The lowest BCUT2D eigenvalue weighted by atomic mass is 10.1. The summed E-state index contributed by atoms with van der Waals surface area (Å²) in [6, 6.07) is 5.72. The lowest BCUT2D eigenvalue weighted by molar-refractivity contribution is -0.125. The largest absolute Gasteiger partial charge is 0.493 e. The molecule has 0 heterocycles. The van der Waals surface area contributed by atoms with Crippen molar-refractivity contribution in [2.75, 3.05) is 32.3 Å². The number of nitrogens with zero attached hydrogens (tertiary/aromatic N) is 1. The van der Waals surface area contributed by atoms with Crippen LogP contribution >= 0.6 is 0 Å². The molecular formula is C18H27NO4S. The molecule has 0 saturated carbocycles. The Bertz CT molecular complexity index is 609. The molecule has 0 aromatic heterocycles. The lowest BCUT2D eigenvalue weighted by Crippen LogP contribution is -2.32. The van der Waals surface area contributed by atoms with Crippen molar-refractivity contribution in [1.82, 2.24) is 4.90 Å². The number of benzene rings is 1. The molecule has 1 rings (SSSR count). The smallest absolute Gasteiger partial charge is 0.239 e. The van der Waals surface area contributed by atoms with Crippen molar-refractivity contribution in [3.05, 3.63) is 35.5 Å². The Morgan fingerprint density at radius 1 is 1.21 bits per heavy atom. The zero-order valence-corrected chi connectivity index (χ0v) is 15.9. The van der Waals surface area contributed by atoms with Gasteiger partial charge in [-0.25, -0.2) is 0 Å². The summed E-state index contributed by atoms with van der Waals surface area (Å²) in [4.78, 5) is 14.0. The monoisotopic (exact) mass is 353 g/mol. The number of carbonyl (C=O) groups is 1. The minimum Gasteiger partial charge on any atom is -0.493 e. The highest BCUT2D eigenvalue weighted by molar-refractivity contribution is 7.85. The van der Waals surface area contributed by atoms with E-state index in [1.165, 1.54) is 0 Å². The summed E-state index contributed by atoms with van der Waals surface area (Å²) in [7, 11) is 2.09. The predicted octanol–water partition coefficient (Wildman–Crippen LogP) is 2.77. The summed E-state index contributed by atoms with van der Waals surface area (Å²) in [5.74, 6) is 1.78. The van der Waals surface area contributed by atoms with Crippen LogP contribution in [0.5, 0.6) is 11.5 Å². The Hall–Kier alpha value is -1.82. The molecule has 1 aromatic rings. The van der Waals surface area contributed by atoms with E-state index >= 15 is 0 Å². The molecule has 0 radical (unpaired) electrons. The SMILES string of the molecule is CCS(=O)CC(=O)N(C=C(C)C)CCc1ccc(OC)c(OC)c1. The van der Waals surface area contributed by atoms with Gasteiger partial charge in [-0.15, -0.1) is 0 Å². The molecule has 1 unspecified atom stereocenters. The first kappa shape index (κ1) is 20.2. The van der Waals surface area contributed by atoms with Crippen molar-refractivity contribution >= 4 is 16.7 Å². The van der Waals surface area contributed by atoms with Crippen LogP contribution < -0.4 is 9.47 Å². The summed E-state index contributed by atoms with van der Waals surface area (Å²) < 4.78 is 22.2. The maximum atomic E-state index is 12.3. The number of methoxy groups -OCH3 is 2. The van der Waals surface area contributed by atoms with Gasteiger partial charge in [0, 0.05) is 29.3 Å². The number of allylic oxidation sites excluding steroid dienone is 1. The maximum absolute atomic E-state index is 12.3. The second-order valence-electron chi connectivity index (χ2n) is 5.61. The van der Waals surface area contributed by atoms with E-state index in [9.17, 15) is 9.00 Å². The Morgan fingerprint density at radius 3 is 2.42 bits per heavy atom. The first-order valence-corrected chi connectivity index (χ1v) is 9.40. The second-order valence-corrected chi connectivity index (χ2v) is 7.35. The molecule has 0 fully saturated rings. The van der Waals surface area contributed by atoms with Gasteiger partial charge in [-0.3, -0.25) is 9.00 Å². The van der Waals surface area contributed by atoms with E-state index in [2.05, 4.69) is 0 Å². The summed E-state index contributed by atoms with van der Waals surface area (Å²) in [5.41, 5.74) is 2.07. The fourth-order valence-corrected chi connectivity index (χ4v) is 2.83. The van der Waals surface area contributed by atoms with Gasteiger partial charge in [0.1, 0.15) is 5.75 Å². The van der Waals surface area contributed by atoms with Crippen molar-refractivity contribution in [3.63, 3.8) is 0 Å². The standard InChI is InChI=1S/C18H27NO4S/c1-6-24(21)13-18(20)19(12-14(2)3)10-9-15-7-8-16(22-4)17(11-15)23-5/h7-8,11-12H,6,9-10,13H2,1-5H3. The number of hydrogen-bond donors (Lipinski definition) is 0. The first-order chi connectivity index (χ1) is 11.4. The third kappa shape index (κ3) is 6.35. The molecular weight excluding hydrogens is 326 g/mol. The van der Waals surface area contributed by atoms with Crippen LogP contribution in [-0.4, -0.2) is 47.3 Å². The van der Waals surface area contributed by atoms with Crippen LogP contribution in [0.3, 0.4) is 0 Å². The second kappa shape index (κ2) is 10.1. The highest BCUT2D eigenvalue weighted by Gasteiger charge is 2.14. The van der Waals surface area contributed by atoms with Crippen LogP contribution in [0, 0.1) is 0 Å². The van der Waals surface area contributed by atoms with Crippen molar-refractivity contribution < 1.29 is 18.5 Å². The molecule has 134 valence electrons. The third-order valence-electron chi connectivity index (χ3n) is 3.43. The summed E-state index contributed by atoms with van der Waals surface area (Å²) in [5, 5.41) is 0. The number of ether oxygens (including phenoxy) is 2. The molecule has 0 aliphatic heterocycles. The maximum Gasteiger partial charge on any atom is 0.239 e.